The van der Waals surface area contributed by atoms with Crippen LogP contribution in [0.4, 0.5) is 0 Å². The second-order valence-corrected chi connectivity index (χ2v) is 4.95. The second kappa shape index (κ2) is 6.49. The third-order valence-corrected chi connectivity index (χ3v) is 2.73. The number of hydrogen-bond donors (Lipinski definition) is 2. The molecule has 0 saturated carbocycles. The lowest BCUT2D eigenvalue weighted by molar-refractivity contribution is -0.121. The Morgan fingerprint density at radius 3 is 2.72 bits per heavy atom. The van der Waals surface area contributed by atoms with Crippen LogP contribution in [0.1, 0.15) is 38.9 Å². The van der Waals surface area contributed by atoms with Crippen LogP contribution < -0.4 is 10.6 Å². The highest BCUT2D eigenvalue weighted by molar-refractivity contribution is 5.78. The monoisotopic (exact) mass is 254 g/mol. The fourth-order valence-electron chi connectivity index (χ4n) is 1.35. The minimum absolute atomic E-state index is 0.00330. The van der Waals surface area contributed by atoms with Gasteiger partial charge in [-0.3, -0.25) is 4.79 Å². The zero-order valence-electron chi connectivity index (χ0n) is 11.5. The van der Waals surface area contributed by atoms with Crippen molar-refractivity contribution >= 4 is 5.91 Å². The molecule has 0 fully saturated rings. The van der Waals surface area contributed by atoms with E-state index in [1.807, 2.05) is 20.8 Å². The van der Waals surface area contributed by atoms with E-state index in [9.17, 15) is 4.79 Å². The number of amides is 1. The van der Waals surface area contributed by atoms with E-state index in [1.54, 1.807) is 6.92 Å². The molecule has 0 spiro atoms. The largest absolute Gasteiger partial charge is 0.350 e. The summed E-state index contributed by atoms with van der Waals surface area (Å²) in [4.78, 5) is 15.7. The first-order valence-corrected chi connectivity index (χ1v) is 6.24. The predicted octanol–water partition coefficient (Wildman–Crippen LogP) is 0.815. The van der Waals surface area contributed by atoms with Crippen LogP contribution in [0.5, 0.6) is 0 Å². The van der Waals surface area contributed by atoms with Gasteiger partial charge in [-0.2, -0.15) is 4.98 Å². The predicted molar refractivity (Wildman–Crippen MR) is 68.1 cm³/mol. The van der Waals surface area contributed by atoms with Gasteiger partial charge in [0, 0.05) is 18.5 Å². The Morgan fingerprint density at radius 1 is 1.44 bits per heavy atom. The maximum absolute atomic E-state index is 11.6. The quantitative estimate of drug-likeness (QED) is 0.704. The third kappa shape index (κ3) is 5.27. The van der Waals surface area contributed by atoms with Crippen LogP contribution in [0.25, 0.3) is 0 Å². The minimum Gasteiger partial charge on any atom is -0.350 e. The summed E-state index contributed by atoms with van der Waals surface area (Å²) in [5.74, 6) is 1.23. The number of nitrogens with one attached hydrogen (secondary N) is 2. The summed E-state index contributed by atoms with van der Waals surface area (Å²) in [5, 5.41) is 9.70. The van der Waals surface area contributed by atoms with Gasteiger partial charge in [0.1, 0.15) is 0 Å². The summed E-state index contributed by atoms with van der Waals surface area (Å²) >= 11 is 0. The van der Waals surface area contributed by atoms with Crippen LogP contribution in [0, 0.1) is 6.92 Å². The third-order valence-electron chi connectivity index (χ3n) is 2.73. The van der Waals surface area contributed by atoms with Gasteiger partial charge in [-0.1, -0.05) is 12.1 Å². The summed E-state index contributed by atoms with van der Waals surface area (Å²) in [6.07, 6.45) is 1.53. The zero-order chi connectivity index (χ0) is 13.6. The molecule has 0 aliphatic rings. The molecule has 1 amide bonds. The van der Waals surface area contributed by atoms with Crippen LogP contribution in [-0.4, -0.2) is 34.7 Å². The lowest BCUT2D eigenvalue weighted by atomic mass is 10.0. The fraction of sp³-hybridized carbons (Fsp3) is 0.750. The van der Waals surface area contributed by atoms with Gasteiger partial charge in [0.25, 0.3) is 0 Å². The van der Waals surface area contributed by atoms with Gasteiger partial charge in [0.05, 0.1) is 6.54 Å². The maximum atomic E-state index is 11.6. The Labute approximate surface area is 108 Å². The molecule has 1 rings (SSSR count). The molecule has 0 aliphatic heterocycles. The molecule has 6 heteroatoms. The summed E-state index contributed by atoms with van der Waals surface area (Å²) in [6, 6.07) is 0. The second-order valence-electron chi connectivity index (χ2n) is 4.95. The van der Waals surface area contributed by atoms with E-state index in [1.165, 1.54) is 0 Å². The van der Waals surface area contributed by atoms with E-state index in [-0.39, 0.29) is 11.4 Å². The SMILES string of the molecule is CCC(C)(C)NC(=O)CNCCc1nc(C)no1. The Morgan fingerprint density at radius 2 is 2.17 bits per heavy atom. The molecular weight excluding hydrogens is 232 g/mol. The topological polar surface area (TPSA) is 80.0 Å². The molecular formula is C12H22N4O2. The van der Waals surface area contributed by atoms with E-state index in [0.29, 0.717) is 31.2 Å². The van der Waals surface area contributed by atoms with Crippen molar-refractivity contribution in [3.8, 4) is 0 Å². The summed E-state index contributed by atoms with van der Waals surface area (Å²) in [5.41, 5.74) is -0.150. The molecule has 0 aliphatic carbocycles. The van der Waals surface area contributed by atoms with E-state index >= 15 is 0 Å². The minimum atomic E-state index is -0.150. The Bertz CT molecular complexity index is 387. The van der Waals surface area contributed by atoms with E-state index in [0.717, 1.165) is 6.42 Å². The van der Waals surface area contributed by atoms with Crippen LogP contribution >= 0.6 is 0 Å². The molecule has 1 aromatic heterocycles. The number of carbonyl (C=O) groups excluding carboxylic acids is 1. The van der Waals surface area contributed by atoms with Crippen molar-refractivity contribution in [1.29, 1.82) is 0 Å². The molecule has 18 heavy (non-hydrogen) atoms. The number of hydrogen-bond acceptors (Lipinski definition) is 5. The van der Waals surface area contributed by atoms with Gasteiger partial charge in [-0.25, -0.2) is 0 Å². The summed E-state index contributed by atoms with van der Waals surface area (Å²) < 4.78 is 4.97. The van der Waals surface area contributed by atoms with Gasteiger partial charge in [-0.15, -0.1) is 0 Å². The molecule has 6 nitrogen and oxygen atoms in total. The van der Waals surface area contributed by atoms with Crippen LogP contribution in [0.3, 0.4) is 0 Å². The van der Waals surface area contributed by atoms with Gasteiger partial charge in [-0.05, 0) is 27.2 Å². The van der Waals surface area contributed by atoms with Crippen molar-refractivity contribution < 1.29 is 9.32 Å². The van der Waals surface area contributed by atoms with E-state index in [4.69, 9.17) is 4.52 Å². The average Bonchev–Trinajstić information content (AvgIpc) is 2.70. The maximum Gasteiger partial charge on any atom is 0.234 e. The smallest absolute Gasteiger partial charge is 0.234 e. The van der Waals surface area contributed by atoms with Crippen molar-refractivity contribution in [2.75, 3.05) is 13.1 Å². The summed E-state index contributed by atoms with van der Waals surface area (Å²) in [6.45, 7) is 8.78. The average molecular weight is 254 g/mol. The van der Waals surface area contributed by atoms with Gasteiger partial charge >= 0.3 is 0 Å². The van der Waals surface area contributed by atoms with Gasteiger partial charge < -0.3 is 15.2 Å². The highest BCUT2D eigenvalue weighted by atomic mass is 16.5. The number of aryl methyl sites for hydroxylation is 1. The normalized spacial score (nSPS) is 11.6. The molecule has 0 bridgehead atoms. The van der Waals surface area contributed by atoms with Crippen molar-refractivity contribution in [2.24, 2.45) is 0 Å². The van der Waals surface area contributed by atoms with Crippen molar-refractivity contribution in [2.45, 2.75) is 46.1 Å². The molecule has 102 valence electrons. The Balaban J connectivity index is 2.16. The van der Waals surface area contributed by atoms with Gasteiger partial charge in [0.15, 0.2) is 5.82 Å². The van der Waals surface area contributed by atoms with Crippen molar-refractivity contribution in [3.63, 3.8) is 0 Å². The molecule has 0 radical (unpaired) electrons. The molecule has 0 atom stereocenters. The Hall–Kier alpha value is -1.43. The highest BCUT2D eigenvalue weighted by Crippen LogP contribution is 2.05. The zero-order valence-corrected chi connectivity index (χ0v) is 11.5. The first kappa shape index (κ1) is 14.6. The number of rotatable bonds is 7. The van der Waals surface area contributed by atoms with Crippen molar-refractivity contribution in [3.05, 3.63) is 11.7 Å². The Kier molecular flexibility index (Phi) is 5.27. The lowest BCUT2D eigenvalue weighted by Gasteiger charge is -2.24. The van der Waals surface area contributed by atoms with Gasteiger partial charge in [0.2, 0.25) is 11.8 Å². The number of carbonyl (C=O) groups is 1. The number of nitrogens with zero attached hydrogens (tertiary/aromatic N) is 2. The first-order chi connectivity index (χ1) is 8.43. The molecule has 0 aromatic carbocycles. The first-order valence-electron chi connectivity index (χ1n) is 6.24. The standard InChI is InChI=1S/C12H22N4O2/c1-5-12(3,4)15-10(17)8-13-7-6-11-14-9(2)16-18-11/h13H,5-8H2,1-4H3,(H,15,17). The van der Waals surface area contributed by atoms with Crippen molar-refractivity contribution in [1.82, 2.24) is 20.8 Å². The summed E-state index contributed by atoms with van der Waals surface area (Å²) in [7, 11) is 0. The van der Waals surface area contributed by atoms with E-state index in [2.05, 4.69) is 20.8 Å². The molecule has 1 heterocycles. The molecule has 0 saturated heterocycles. The van der Waals surface area contributed by atoms with Crippen LogP contribution in [-0.2, 0) is 11.2 Å². The fourth-order valence-corrected chi connectivity index (χ4v) is 1.35. The van der Waals surface area contributed by atoms with Crippen LogP contribution in [0.2, 0.25) is 0 Å². The lowest BCUT2D eigenvalue weighted by Crippen LogP contribution is -2.46. The number of aromatic nitrogens is 2. The molecule has 1 aromatic rings. The molecule has 2 N–H and O–H groups in total. The van der Waals surface area contributed by atoms with Crippen LogP contribution in [0.15, 0.2) is 4.52 Å². The molecule has 0 unspecified atom stereocenters. The van der Waals surface area contributed by atoms with E-state index < -0.39 is 0 Å². The highest BCUT2D eigenvalue weighted by Gasteiger charge is 2.17.